The Hall–Kier alpha value is -0.900. The molecule has 2 atom stereocenters. The molecule has 0 amide bonds. The molecule has 1 aliphatic heterocycles. The van der Waals surface area contributed by atoms with Gasteiger partial charge in [0.15, 0.2) is 0 Å². The van der Waals surface area contributed by atoms with Gasteiger partial charge in [-0.1, -0.05) is 0 Å². The van der Waals surface area contributed by atoms with Crippen molar-refractivity contribution in [2.24, 2.45) is 0 Å². The first-order valence-corrected chi connectivity index (χ1v) is 4.97. The molecule has 1 rings (SSSR count). The highest BCUT2D eigenvalue weighted by atomic mass is 16.5. The number of cyclic esters (lactones) is 1. The summed E-state index contributed by atoms with van der Waals surface area (Å²) in [6, 6.07) is 0. The van der Waals surface area contributed by atoms with E-state index >= 15 is 0 Å². The van der Waals surface area contributed by atoms with E-state index in [0.29, 0.717) is 25.7 Å². The first-order chi connectivity index (χ1) is 6.58. The van der Waals surface area contributed by atoms with Crippen molar-refractivity contribution < 1.29 is 19.4 Å². The van der Waals surface area contributed by atoms with Gasteiger partial charge in [0.25, 0.3) is 0 Å². The fourth-order valence-corrected chi connectivity index (χ4v) is 1.57. The molecule has 0 saturated carbocycles. The Balaban J connectivity index is 2.53. The molecule has 0 aromatic rings. The van der Waals surface area contributed by atoms with Gasteiger partial charge < -0.3 is 9.84 Å². The zero-order valence-electron chi connectivity index (χ0n) is 8.36. The maximum absolute atomic E-state index is 11.3. The van der Waals surface area contributed by atoms with Crippen LogP contribution in [-0.4, -0.2) is 29.1 Å². The molecule has 4 heteroatoms. The highest BCUT2D eigenvalue weighted by molar-refractivity contribution is 5.79. The lowest BCUT2D eigenvalue weighted by molar-refractivity contribution is -0.151. The lowest BCUT2D eigenvalue weighted by Crippen LogP contribution is -2.24. The molecule has 1 heterocycles. The smallest absolute Gasteiger partial charge is 0.308 e. The average molecular weight is 200 g/mol. The molecule has 1 fully saturated rings. The summed E-state index contributed by atoms with van der Waals surface area (Å²) in [6.07, 6.45) is 0.926. The SMILES string of the molecule is C[C@@H]1CC(=O)CCC[C@@H](O)CC(=O)O1. The van der Waals surface area contributed by atoms with Crippen LogP contribution in [0.2, 0.25) is 0 Å². The maximum atomic E-state index is 11.3. The lowest BCUT2D eigenvalue weighted by Gasteiger charge is -2.17. The Morgan fingerprint density at radius 1 is 1.36 bits per heavy atom. The molecule has 4 nitrogen and oxygen atoms in total. The Kier molecular flexibility index (Phi) is 4.07. The van der Waals surface area contributed by atoms with Gasteiger partial charge in [-0.05, 0) is 19.8 Å². The van der Waals surface area contributed by atoms with Gasteiger partial charge in [-0.3, -0.25) is 9.59 Å². The molecule has 0 aromatic heterocycles. The van der Waals surface area contributed by atoms with E-state index in [2.05, 4.69) is 0 Å². The van der Waals surface area contributed by atoms with E-state index in [4.69, 9.17) is 4.74 Å². The quantitative estimate of drug-likeness (QED) is 0.588. The van der Waals surface area contributed by atoms with Crippen LogP contribution in [-0.2, 0) is 14.3 Å². The molecular weight excluding hydrogens is 184 g/mol. The van der Waals surface area contributed by atoms with Crippen LogP contribution in [0.15, 0.2) is 0 Å². The summed E-state index contributed by atoms with van der Waals surface area (Å²) in [5.41, 5.74) is 0. The van der Waals surface area contributed by atoms with Gasteiger partial charge in [0, 0.05) is 12.8 Å². The van der Waals surface area contributed by atoms with Crippen molar-refractivity contribution in [2.45, 2.75) is 51.2 Å². The minimum absolute atomic E-state index is 0.0402. The van der Waals surface area contributed by atoms with Crippen LogP contribution >= 0.6 is 0 Å². The van der Waals surface area contributed by atoms with Crippen LogP contribution in [0.5, 0.6) is 0 Å². The molecule has 80 valence electrons. The highest BCUT2D eigenvalue weighted by Gasteiger charge is 2.19. The molecular formula is C10H16O4. The van der Waals surface area contributed by atoms with Gasteiger partial charge >= 0.3 is 5.97 Å². The summed E-state index contributed by atoms with van der Waals surface area (Å²) < 4.78 is 4.95. The summed E-state index contributed by atoms with van der Waals surface area (Å²) in [7, 11) is 0. The predicted octanol–water partition coefficient (Wildman–Crippen LogP) is 0.812. The average Bonchev–Trinajstić information content (AvgIpc) is 2.01. The summed E-state index contributed by atoms with van der Waals surface area (Å²) in [6.45, 7) is 1.70. The Morgan fingerprint density at radius 2 is 2.07 bits per heavy atom. The number of carbonyl (C=O) groups excluding carboxylic acids is 2. The van der Waals surface area contributed by atoms with Gasteiger partial charge in [-0.25, -0.2) is 0 Å². The fourth-order valence-electron chi connectivity index (χ4n) is 1.57. The molecule has 1 N–H and O–H groups in total. The minimum Gasteiger partial charge on any atom is -0.462 e. The number of ether oxygens (including phenoxy) is 1. The number of Topliss-reactive ketones (excluding diaryl/α,β-unsaturated/α-hetero) is 1. The molecule has 0 radical (unpaired) electrons. The zero-order chi connectivity index (χ0) is 10.6. The highest BCUT2D eigenvalue weighted by Crippen LogP contribution is 2.12. The molecule has 0 aromatic carbocycles. The second-order valence-corrected chi connectivity index (χ2v) is 3.79. The third-order valence-corrected chi connectivity index (χ3v) is 2.24. The Morgan fingerprint density at radius 3 is 2.79 bits per heavy atom. The number of esters is 1. The standard InChI is InChI=1S/C10H16O4/c1-7-5-8(11)3-2-4-9(12)6-10(13)14-7/h7,9,12H,2-6H2,1H3/t7-,9-/m1/s1. The van der Waals surface area contributed by atoms with Crippen molar-refractivity contribution in [1.82, 2.24) is 0 Å². The van der Waals surface area contributed by atoms with Gasteiger partial charge in [-0.15, -0.1) is 0 Å². The molecule has 1 saturated heterocycles. The van der Waals surface area contributed by atoms with E-state index in [1.54, 1.807) is 6.92 Å². The van der Waals surface area contributed by atoms with Gasteiger partial charge in [-0.2, -0.15) is 0 Å². The second kappa shape index (κ2) is 5.10. The normalized spacial score (nSPS) is 31.0. The van der Waals surface area contributed by atoms with Crippen molar-refractivity contribution in [3.63, 3.8) is 0 Å². The van der Waals surface area contributed by atoms with Gasteiger partial charge in [0.05, 0.1) is 12.5 Å². The number of hydrogen-bond acceptors (Lipinski definition) is 4. The number of aliphatic hydroxyl groups is 1. The molecule has 0 spiro atoms. The van der Waals surface area contributed by atoms with Crippen LogP contribution in [0.4, 0.5) is 0 Å². The minimum atomic E-state index is -0.666. The molecule has 0 aliphatic carbocycles. The number of rotatable bonds is 0. The summed E-state index contributed by atoms with van der Waals surface area (Å²) in [5, 5.41) is 9.36. The monoisotopic (exact) mass is 200 g/mol. The van der Waals surface area contributed by atoms with E-state index in [1.807, 2.05) is 0 Å². The summed E-state index contributed by atoms with van der Waals surface area (Å²) in [5.74, 6) is -0.320. The lowest BCUT2D eigenvalue weighted by atomic mass is 10.0. The maximum Gasteiger partial charge on any atom is 0.308 e. The summed E-state index contributed by atoms with van der Waals surface area (Å²) in [4.78, 5) is 22.4. The van der Waals surface area contributed by atoms with E-state index in [-0.39, 0.29) is 18.3 Å². The molecule has 0 bridgehead atoms. The van der Waals surface area contributed by atoms with Crippen LogP contribution < -0.4 is 0 Å². The first-order valence-electron chi connectivity index (χ1n) is 4.97. The molecule has 1 aliphatic rings. The number of hydrogen-bond donors (Lipinski definition) is 1. The van der Waals surface area contributed by atoms with Gasteiger partial charge in [0.1, 0.15) is 11.9 Å². The van der Waals surface area contributed by atoms with Gasteiger partial charge in [0.2, 0.25) is 0 Å². The molecule has 0 unspecified atom stereocenters. The third-order valence-electron chi connectivity index (χ3n) is 2.24. The second-order valence-electron chi connectivity index (χ2n) is 3.79. The van der Waals surface area contributed by atoms with E-state index in [1.165, 1.54) is 0 Å². The van der Waals surface area contributed by atoms with Crippen molar-refractivity contribution in [1.29, 1.82) is 0 Å². The van der Waals surface area contributed by atoms with E-state index in [9.17, 15) is 14.7 Å². The fraction of sp³-hybridized carbons (Fsp3) is 0.800. The first kappa shape index (κ1) is 11.2. The van der Waals surface area contributed by atoms with E-state index in [0.717, 1.165) is 0 Å². The van der Waals surface area contributed by atoms with Crippen LogP contribution in [0.25, 0.3) is 0 Å². The summed E-state index contributed by atoms with van der Waals surface area (Å²) >= 11 is 0. The van der Waals surface area contributed by atoms with Crippen LogP contribution in [0, 0.1) is 0 Å². The Bertz CT molecular complexity index is 224. The Labute approximate surface area is 83.2 Å². The number of aliphatic hydroxyl groups excluding tert-OH is 1. The molecule has 14 heavy (non-hydrogen) atoms. The number of carbonyl (C=O) groups is 2. The predicted molar refractivity (Wildman–Crippen MR) is 49.7 cm³/mol. The van der Waals surface area contributed by atoms with Crippen molar-refractivity contribution in [2.75, 3.05) is 0 Å². The van der Waals surface area contributed by atoms with Crippen molar-refractivity contribution >= 4 is 11.8 Å². The largest absolute Gasteiger partial charge is 0.462 e. The van der Waals surface area contributed by atoms with Crippen LogP contribution in [0.1, 0.15) is 39.0 Å². The third kappa shape index (κ3) is 3.87. The topological polar surface area (TPSA) is 63.6 Å². The van der Waals surface area contributed by atoms with Crippen molar-refractivity contribution in [3.8, 4) is 0 Å². The zero-order valence-corrected chi connectivity index (χ0v) is 8.36. The van der Waals surface area contributed by atoms with Crippen LogP contribution in [0.3, 0.4) is 0 Å². The van der Waals surface area contributed by atoms with Crippen molar-refractivity contribution in [3.05, 3.63) is 0 Å². The van der Waals surface area contributed by atoms with E-state index < -0.39 is 12.1 Å². The number of ketones is 1.